The van der Waals surface area contributed by atoms with E-state index in [2.05, 4.69) is 20.4 Å². The predicted molar refractivity (Wildman–Crippen MR) is 190 cm³/mol. The molecule has 0 atom stereocenters. The lowest BCUT2D eigenvalue weighted by Crippen LogP contribution is -2.46. The van der Waals surface area contributed by atoms with Gasteiger partial charge in [-0.2, -0.15) is 0 Å². The van der Waals surface area contributed by atoms with Gasteiger partial charge < -0.3 is 41.0 Å². The quantitative estimate of drug-likeness (QED) is 0.155. The number of nitrogens with two attached hydrogens (primary N) is 2. The third-order valence-corrected chi connectivity index (χ3v) is 9.58. The van der Waals surface area contributed by atoms with Gasteiger partial charge in [0, 0.05) is 63.2 Å². The van der Waals surface area contributed by atoms with Gasteiger partial charge in [0.25, 0.3) is 0 Å². The number of hydrogen-bond acceptors (Lipinski definition) is 12. The zero-order valence-corrected chi connectivity index (χ0v) is 29.9. The molecule has 0 radical (unpaired) electrons. The number of carbonyl (C=O) groups excluding carboxylic acids is 4. The molecule has 2 aromatic carbocycles. The Morgan fingerprint density at radius 3 is 1.68 bits per heavy atom. The molecule has 50 heavy (non-hydrogen) atoms. The zero-order valence-electron chi connectivity index (χ0n) is 28.4. The van der Waals surface area contributed by atoms with Crippen molar-refractivity contribution in [2.45, 2.75) is 38.1 Å². The van der Waals surface area contributed by atoms with Crippen molar-refractivity contribution in [3.8, 4) is 11.5 Å². The molecule has 6 N–H and O–H groups in total. The average molecular weight is 738 g/mol. The fourth-order valence-electron chi connectivity index (χ4n) is 5.95. The number of halogens is 2. The Balaban J connectivity index is 1.04. The Hall–Kier alpha value is -3.98. The summed E-state index contributed by atoms with van der Waals surface area (Å²) in [5.74, 6) is -0.780. The smallest absolute Gasteiger partial charge is 0.342 e. The predicted octanol–water partition coefficient (Wildman–Crippen LogP) is 2.99. The van der Waals surface area contributed by atoms with Crippen molar-refractivity contribution in [2.24, 2.45) is 5.92 Å². The number of hydrogen-bond donors (Lipinski definition) is 4. The SMILES string of the molecule is COc1cc(N)c(Cl)cc1C(=O)OCCN1CCC(NC(=O)CCNC(=O)C2CCN(CCOC(=O)c3cc(Cl)c(N)cc3OC)CC2)CC1. The fraction of sp³-hybridized carbons (Fsp3) is 0.529. The first-order valence-electron chi connectivity index (χ1n) is 16.6. The maximum absolute atomic E-state index is 12.7. The van der Waals surface area contributed by atoms with Crippen LogP contribution in [-0.2, 0) is 19.1 Å². The Morgan fingerprint density at radius 1 is 0.760 bits per heavy atom. The van der Waals surface area contributed by atoms with Gasteiger partial charge >= 0.3 is 11.9 Å². The molecule has 4 rings (SSSR count). The molecule has 14 nitrogen and oxygen atoms in total. The molecule has 2 aliphatic rings. The van der Waals surface area contributed by atoms with Gasteiger partial charge in [-0.05, 0) is 50.9 Å². The van der Waals surface area contributed by atoms with E-state index in [1.54, 1.807) is 0 Å². The number of esters is 2. The van der Waals surface area contributed by atoms with E-state index in [1.165, 1.54) is 38.5 Å². The Bertz CT molecular complexity index is 1510. The van der Waals surface area contributed by atoms with Crippen LogP contribution >= 0.6 is 23.2 Å². The third-order valence-electron chi connectivity index (χ3n) is 8.92. The van der Waals surface area contributed by atoms with Gasteiger partial charge in [0.1, 0.15) is 35.8 Å². The standard InChI is InChI=1S/C34H46Cl2N6O8/c1-47-29-19-27(37)25(35)17-23(29)33(45)49-15-13-41-9-4-21(5-10-41)32(44)39-8-3-31(43)40-22-6-11-42(12-7-22)14-16-50-34(46)24-18-26(36)28(38)20-30(24)48-2/h17-22H,3-16,37-38H2,1-2H3,(H,39,44)(H,40,43). The summed E-state index contributed by atoms with van der Waals surface area (Å²) in [4.78, 5) is 54.7. The monoisotopic (exact) mass is 736 g/mol. The summed E-state index contributed by atoms with van der Waals surface area (Å²) >= 11 is 12.1. The van der Waals surface area contributed by atoms with E-state index in [-0.39, 0.29) is 71.1 Å². The molecule has 2 aliphatic heterocycles. The molecule has 2 heterocycles. The molecular weight excluding hydrogens is 691 g/mol. The van der Waals surface area contributed by atoms with Crippen LogP contribution in [0.3, 0.4) is 0 Å². The lowest BCUT2D eigenvalue weighted by atomic mass is 9.96. The van der Waals surface area contributed by atoms with Crippen molar-refractivity contribution >= 4 is 58.3 Å². The average Bonchev–Trinajstić information content (AvgIpc) is 3.11. The minimum atomic E-state index is -0.549. The van der Waals surface area contributed by atoms with Crippen LogP contribution < -0.4 is 31.6 Å². The van der Waals surface area contributed by atoms with Crippen LogP contribution in [0, 0.1) is 5.92 Å². The molecule has 0 unspecified atom stereocenters. The first kappa shape index (κ1) is 38.8. The molecule has 16 heteroatoms. The Morgan fingerprint density at radius 2 is 1.22 bits per heavy atom. The highest BCUT2D eigenvalue weighted by Crippen LogP contribution is 2.30. The maximum atomic E-state index is 12.7. The van der Waals surface area contributed by atoms with E-state index < -0.39 is 11.9 Å². The summed E-state index contributed by atoms with van der Waals surface area (Å²) in [5.41, 5.74) is 12.6. The van der Waals surface area contributed by atoms with E-state index in [9.17, 15) is 19.2 Å². The summed E-state index contributed by atoms with van der Waals surface area (Å²) in [6, 6.07) is 5.89. The molecular formula is C34H46Cl2N6O8. The number of ether oxygens (including phenoxy) is 4. The summed E-state index contributed by atoms with van der Waals surface area (Å²) in [6.07, 6.45) is 3.10. The Kier molecular flexibility index (Phi) is 14.6. The van der Waals surface area contributed by atoms with E-state index in [4.69, 9.17) is 53.6 Å². The zero-order chi connectivity index (χ0) is 36.2. The highest BCUT2D eigenvalue weighted by molar-refractivity contribution is 6.34. The highest BCUT2D eigenvalue weighted by Gasteiger charge is 2.26. The molecule has 0 aromatic heterocycles. The highest BCUT2D eigenvalue weighted by atomic mass is 35.5. The number of methoxy groups -OCH3 is 2. The van der Waals surface area contributed by atoms with Crippen molar-refractivity contribution in [1.82, 2.24) is 20.4 Å². The maximum Gasteiger partial charge on any atom is 0.342 e. The number of carbonyl (C=O) groups is 4. The molecule has 0 aliphatic carbocycles. The van der Waals surface area contributed by atoms with Gasteiger partial charge in [-0.3, -0.25) is 19.4 Å². The minimum Gasteiger partial charge on any atom is -0.496 e. The number of rotatable bonds is 15. The van der Waals surface area contributed by atoms with E-state index >= 15 is 0 Å². The van der Waals surface area contributed by atoms with Gasteiger partial charge in [-0.25, -0.2) is 9.59 Å². The van der Waals surface area contributed by atoms with Crippen LogP contribution in [0.25, 0.3) is 0 Å². The number of amides is 2. The van der Waals surface area contributed by atoms with Crippen molar-refractivity contribution in [1.29, 1.82) is 0 Å². The summed E-state index contributed by atoms with van der Waals surface area (Å²) in [6.45, 7) is 4.65. The number of nitrogen functional groups attached to an aromatic ring is 2. The number of piperidine rings is 2. The number of benzene rings is 2. The second-order valence-electron chi connectivity index (χ2n) is 12.3. The molecule has 0 saturated carbocycles. The lowest BCUT2D eigenvalue weighted by Gasteiger charge is -2.32. The van der Waals surface area contributed by atoms with E-state index in [1.807, 2.05) is 0 Å². The molecule has 2 amide bonds. The molecule has 2 fully saturated rings. The van der Waals surface area contributed by atoms with Gasteiger partial charge in [0.15, 0.2) is 0 Å². The first-order valence-corrected chi connectivity index (χ1v) is 17.4. The van der Waals surface area contributed by atoms with Crippen molar-refractivity contribution in [3.05, 3.63) is 45.4 Å². The summed E-state index contributed by atoms with van der Waals surface area (Å²) < 4.78 is 21.3. The van der Waals surface area contributed by atoms with Crippen LogP contribution in [0.5, 0.6) is 11.5 Å². The van der Waals surface area contributed by atoms with E-state index in [0.717, 1.165) is 25.9 Å². The van der Waals surface area contributed by atoms with Gasteiger partial charge in [0.2, 0.25) is 11.8 Å². The van der Waals surface area contributed by atoms with Crippen LogP contribution in [0.1, 0.15) is 52.8 Å². The number of likely N-dealkylation sites (tertiary alicyclic amines) is 2. The molecule has 2 aromatic rings. The van der Waals surface area contributed by atoms with Gasteiger partial charge in [0.05, 0.1) is 35.6 Å². The normalized spacial score (nSPS) is 16.0. The minimum absolute atomic E-state index is 0.0492. The van der Waals surface area contributed by atoms with Crippen LogP contribution in [-0.4, -0.2) is 113 Å². The van der Waals surface area contributed by atoms with Gasteiger partial charge in [-0.1, -0.05) is 23.2 Å². The topological polar surface area (TPSA) is 188 Å². The molecule has 0 bridgehead atoms. The van der Waals surface area contributed by atoms with Crippen molar-refractivity contribution in [2.75, 3.05) is 84.7 Å². The summed E-state index contributed by atoms with van der Waals surface area (Å²) in [7, 11) is 2.88. The van der Waals surface area contributed by atoms with Crippen LogP contribution in [0.4, 0.5) is 11.4 Å². The molecule has 274 valence electrons. The first-order chi connectivity index (χ1) is 24.0. The lowest BCUT2D eigenvalue weighted by molar-refractivity contribution is -0.126. The van der Waals surface area contributed by atoms with Crippen LogP contribution in [0.15, 0.2) is 24.3 Å². The second-order valence-corrected chi connectivity index (χ2v) is 13.1. The number of nitrogens with zero attached hydrogens (tertiary/aromatic N) is 2. The Labute approximate surface area is 302 Å². The number of anilines is 2. The van der Waals surface area contributed by atoms with Gasteiger partial charge in [-0.15, -0.1) is 0 Å². The fourth-order valence-corrected chi connectivity index (χ4v) is 6.28. The van der Waals surface area contributed by atoms with E-state index in [0.29, 0.717) is 61.9 Å². The molecule has 2 saturated heterocycles. The number of nitrogens with one attached hydrogen (secondary N) is 2. The molecule has 0 spiro atoms. The van der Waals surface area contributed by atoms with Crippen LogP contribution in [0.2, 0.25) is 10.0 Å². The third kappa shape index (κ3) is 11.0. The van der Waals surface area contributed by atoms with Crippen molar-refractivity contribution in [3.63, 3.8) is 0 Å². The largest absolute Gasteiger partial charge is 0.496 e. The summed E-state index contributed by atoms with van der Waals surface area (Å²) in [5, 5.41) is 6.47. The van der Waals surface area contributed by atoms with Crippen molar-refractivity contribution < 1.29 is 38.1 Å². The second kappa shape index (κ2) is 18.9.